The minimum absolute atomic E-state index is 0.486. The summed E-state index contributed by atoms with van der Waals surface area (Å²) in [7, 11) is 0. The Kier molecular flexibility index (Phi) is 7.68. The van der Waals surface area contributed by atoms with Gasteiger partial charge in [-0.1, -0.05) is 68.2 Å². The van der Waals surface area contributed by atoms with Gasteiger partial charge in [0.1, 0.15) is 0 Å². The van der Waals surface area contributed by atoms with Gasteiger partial charge >= 0.3 is 0 Å². The van der Waals surface area contributed by atoms with Crippen molar-refractivity contribution in [1.82, 2.24) is 0 Å². The van der Waals surface area contributed by atoms with Crippen LogP contribution in [-0.2, 0) is 0 Å². The maximum absolute atomic E-state index is 2.35. The van der Waals surface area contributed by atoms with Gasteiger partial charge in [-0.2, -0.15) is 0 Å². The molecule has 0 aliphatic carbocycles. The van der Waals surface area contributed by atoms with Crippen LogP contribution in [0.1, 0.15) is 74.7 Å². The first kappa shape index (κ1) is 15.5. The molecule has 0 heteroatoms. The van der Waals surface area contributed by atoms with Crippen LogP contribution < -0.4 is 0 Å². The highest BCUT2D eigenvalue weighted by molar-refractivity contribution is 4.74. The fraction of sp³-hybridized carbons (Fsp3) is 1.00. The number of hydrogen-bond acceptors (Lipinski definition) is 0. The van der Waals surface area contributed by atoms with Crippen LogP contribution in [-0.4, -0.2) is 0 Å². The number of hydrogen-bond donors (Lipinski definition) is 0. The summed E-state index contributed by atoms with van der Waals surface area (Å²) < 4.78 is 0. The van der Waals surface area contributed by atoms with Crippen LogP contribution in [0.4, 0.5) is 0 Å². The van der Waals surface area contributed by atoms with Crippen LogP contribution in [0.25, 0.3) is 0 Å². The van der Waals surface area contributed by atoms with Crippen molar-refractivity contribution in [2.45, 2.75) is 74.7 Å². The first-order valence-corrected chi connectivity index (χ1v) is 5.68. The summed E-state index contributed by atoms with van der Waals surface area (Å²) in [6.07, 6.45) is 3.85. The van der Waals surface area contributed by atoms with Gasteiger partial charge in [0, 0.05) is 0 Å². The summed E-state index contributed by atoms with van der Waals surface area (Å²) in [6, 6.07) is 0. The van der Waals surface area contributed by atoms with Gasteiger partial charge < -0.3 is 0 Å². The lowest BCUT2D eigenvalue weighted by atomic mass is 9.75. The van der Waals surface area contributed by atoms with Crippen molar-refractivity contribution in [3.8, 4) is 0 Å². The van der Waals surface area contributed by atoms with E-state index in [0.29, 0.717) is 10.8 Å². The van der Waals surface area contributed by atoms with E-state index in [1.54, 1.807) is 0 Å². The highest BCUT2D eigenvalue weighted by Gasteiger charge is 2.23. The second kappa shape index (κ2) is 6.45. The van der Waals surface area contributed by atoms with Crippen LogP contribution in [0, 0.1) is 10.8 Å². The molecule has 0 saturated heterocycles. The molecular formula is C13H30. The summed E-state index contributed by atoms with van der Waals surface area (Å²) in [6.45, 7) is 18.1. The van der Waals surface area contributed by atoms with Crippen molar-refractivity contribution in [2.75, 3.05) is 0 Å². The Balaban J connectivity index is 0. The van der Waals surface area contributed by atoms with E-state index < -0.39 is 0 Å². The molecule has 0 aromatic rings. The van der Waals surface area contributed by atoms with Gasteiger partial charge in [0.25, 0.3) is 0 Å². The van der Waals surface area contributed by atoms with Gasteiger partial charge in [-0.3, -0.25) is 0 Å². The van der Waals surface area contributed by atoms with Crippen LogP contribution in [0.3, 0.4) is 0 Å². The van der Waals surface area contributed by atoms with Crippen molar-refractivity contribution in [3.63, 3.8) is 0 Å². The lowest BCUT2D eigenvalue weighted by molar-refractivity contribution is 0.206. The number of rotatable bonds is 2. The zero-order valence-corrected chi connectivity index (χ0v) is 11.1. The maximum atomic E-state index is 2.35. The Hall–Kier alpha value is 0. The molecule has 0 aromatic heterocycles. The Bertz CT molecular complexity index is 104. The molecule has 0 N–H and O–H groups in total. The zero-order valence-electron chi connectivity index (χ0n) is 11.1. The summed E-state index contributed by atoms with van der Waals surface area (Å²) >= 11 is 0. The third-order valence-electron chi connectivity index (χ3n) is 1.97. The summed E-state index contributed by atoms with van der Waals surface area (Å²) in [5.41, 5.74) is 1.01. The topological polar surface area (TPSA) is 0 Å². The van der Waals surface area contributed by atoms with Gasteiger partial charge in [0.2, 0.25) is 0 Å². The zero-order chi connectivity index (χ0) is 11.1. The molecule has 0 aromatic carbocycles. The minimum atomic E-state index is 0.486. The molecule has 0 fully saturated rings. The first-order valence-electron chi connectivity index (χ1n) is 5.68. The van der Waals surface area contributed by atoms with E-state index in [1.807, 2.05) is 0 Å². The molecule has 0 bridgehead atoms. The van der Waals surface area contributed by atoms with E-state index in [4.69, 9.17) is 0 Å². The normalized spacial score (nSPS) is 12.0. The molecule has 0 spiro atoms. The molecule has 0 heterocycles. The maximum Gasteiger partial charge on any atom is -0.0352 e. The molecule has 13 heavy (non-hydrogen) atoms. The van der Waals surface area contributed by atoms with Crippen LogP contribution in [0.15, 0.2) is 0 Å². The summed E-state index contributed by atoms with van der Waals surface area (Å²) in [5.74, 6) is 0. The predicted molar refractivity (Wildman–Crippen MR) is 64.1 cm³/mol. The Morgan fingerprint density at radius 1 is 0.769 bits per heavy atom. The fourth-order valence-electron chi connectivity index (χ4n) is 1.56. The van der Waals surface area contributed by atoms with Gasteiger partial charge in [0.15, 0.2) is 0 Å². The van der Waals surface area contributed by atoms with E-state index in [0.717, 1.165) is 0 Å². The molecule has 0 unspecified atom stereocenters. The molecule has 0 rings (SSSR count). The Morgan fingerprint density at radius 2 is 1.08 bits per heavy atom. The van der Waals surface area contributed by atoms with Gasteiger partial charge in [-0.25, -0.2) is 0 Å². The minimum Gasteiger partial charge on any atom is -0.0656 e. The predicted octanol–water partition coefficient (Wildman–Crippen LogP) is 5.28. The average Bonchev–Trinajstić information content (AvgIpc) is 1.84. The molecule has 0 radical (unpaired) electrons. The monoisotopic (exact) mass is 186 g/mol. The van der Waals surface area contributed by atoms with E-state index >= 15 is 0 Å². The van der Waals surface area contributed by atoms with Gasteiger partial charge in [-0.15, -0.1) is 0 Å². The van der Waals surface area contributed by atoms with Crippen LogP contribution in [0.5, 0.6) is 0 Å². The van der Waals surface area contributed by atoms with Crippen molar-refractivity contribution in [3.05, 3.63) is 0 Å². The van der Waals surface area contributed by atoms with Gasteiger partial charge in [0.05, 0.1) is 0 Å². The highest BCUT2D eigenvalue weighted by atomic mass is 14.3. The lowest BCUT2D eigenvalue weighted by Crippen LogP contribution is -2.19. The summed E-state index contributed by atoms with van der Waals surface area (Å²) in [4.78, 5) is 0. The Labute approximate surface area is 86.1 Å². The summed E-state index contributed by atoms with van der Waals surface area (Å²) in [5, 5.41) is 0. The quantitative estimate of drug-likeness (QED) is 0.551. The van der Waals surface area contributed by atoms with Crippen LogP contribution >= 0.6 is 0 Å². The standard InChI is InChI=1S/C10H22.C3H8/c1-7-10(5,6)8-9(2,3)4;1-3-2/h7-8H2,1-6H3;3H2,1-2H3. The highest BCUT2D eigenvalue weighted by Crippen LogP contribution is 2.35. The fourth-order valence-corrected chi connectivity index (χ4v) is 1.56. The smallest absolute Gasteiger partial charge is 0.0352 e. The van der Waals surface area contributed by atoms with Gasteiger partial charge in [-0.05, 0) is 17.3 Å². The molecule has 0 nitrogen and oxygen atoms in total. The third kappa shape index (κ3) is 14.8. The third-order valence-corrected chi connectivity index (χ3v) is 1.97. The van der Waals surface area contributed by atoms with E-state index in [9.17, 15) is 0 Å². The molecular weight excluding hydrogens is 156 g/mol. The second-order valence-electron chi connectivity index (χ2n) is 5.96. The van der Waals surface area contributed by atoms with Crippen molar-refractivity contribution in [2.24, 2.45) is 10.8 Å². The molecule has 0 aliphatic heterocycles. The van der Waals surface area contributed by atoms with E-state index in [-0.39, 0.29) is 0 Å². The second-order valence-corrected chi connectivity index (χ2v) is 5.96. The van der Waals surface area contributed by atoms with E-state index in [1.165, 1.54) is 19.3 Å². The molecule has 0 saturated carbocycles. The van der Waals surface area contributed by atoms with Crippen molar-refractivity contribution in [1.29, 1.82) is 0 Å². The van der Waals surface area contributed by atoms with E-state index in [2.05, 4.69) is 55.4 Å². The van der Waals surface area contributed by atoms with Crippen molar-refractivity contribution >= 4 is 0 Å². The molecule has 0 amide bonds. The molecule has 0 aliphatic rings. The Morgan fingerprint density at radius 3 is 1.15 bits per heavy atom. The molecule has 0 atom stereocenters. The first-order chi connectivity index (χ1) is 5.68. The van der Waals surface area contributed by atoms with Crippen LogP contribution in [0.2, 0.25) is 0 Å². The lowest BCUT2D eigenvalue weighted by Gasteiger charge is -2.31. The average molecular weight is 186 g/mol. The molecule has 82 valence electrons. The SMILES string of the molecule is CCC.CCC(C)(C)CC(C)(C)C. The largest absolute Gasteiger partial charge is 0.0656 e. The van der Waals surface area contributed by atoms with Crippen molar-refractivity contribution < 1.29 is 0 Å².